The van der Waals surface area contributed by atoms with Crippen LogP contribution in [-0.2, 0) is 4.79 Å². The van der Waals surface area contributed by atoms with Crippen molar-refractivity contribution in [3.8, 4) is 0 Å². The predicted octanol–water partition coefficient (Wildman–Crippen LogP) is 2.83. The molecular formula is C16H14N2O3. The molecule has 0 aliphatic heterocycles. The molecule has 3 aromatic rings. The zero-order valence-corrected chi connectivity index (χ0v) is 11.4. The Morgan fingerprint density at radius 2 is 1.81 bits per heavy atom. The number of aliphatic carboxylic acids is 1. The number of aryl methyl sites for hydroxylation is 1. The largest absolute Gasteiger partial charge is 0.475 e. The van der Waals surface area contributed by atoms with Crippen molar-refractivity contribution in [3.05, 3.63) is 66.1 Å². The topological polar surface area (TPSA) is 83.0 Å². The molecule has 0 saturated carbocycles. The summed E-state index contributed by atoms with van der Waals surface area (Å²) < 4.78 is 0. The highest BCUT2D eigenvalue weighted by Gasteiger charge is 2.15. The van der Waals surface area contributed by atoms with Crippen LogP contribution in [0, 0.1) is 6.92 Å². The lowest BCUT2D eigenvalue weighted by atomic mass is 10.2. The van der Waals surface area contributed by atoms with Gasteiger partial charge in [-0.25, -0.2) is 9.78 Å². The summed E-state index contributed by atoms with van der Waals surface area (Å²) in [6.45, 7) is 2.03. The van der Waals surface area contributed by atoms with Crippen molar-refractivity contribution < 1.29 is 14.7 Å². The first kappa shape index (κ1) is 14.5. The Labute approximate surface area is 121 Å². The number of pyridine rings is 1. The van der Waals surface area contributed by atoms with E-state index in [9.17, 15) is 9.59 Å². The number of para-hydroxylation sites is 1. The summed E-state index contributed by atoms with van der Waals surface area (Å²) in [6.07, 6.45) is 1.91. The smallest absolute Gasteiger partial charge is 0.378 e. The van der Waals surface area contributed by atoms with Crippen molar-refractivity contribution >= 4 is 22.7 Å². The van der Waals surface area contributed by atoms with Crippen molar-refractivity contribution in [3.63, 3.8) is 0 Å². The molecule has 2 aromatic heterocycles. The highest BCUT2D eigenvalue weighted by Crippen LogP contribution is 2.11. The molecule has 21 heavy (non-hydrogen) atoms. The summed E-state index contributed by atoms with van der Waals surface area (Å²) in [6, 6.07) is 14.3. The van der Waals surface area contributed by atoms with E-state index in [1.54, 1.807) is 18.2 Å². The summed E-state index contributed by atoms with van der Waals surface area (Å²) in [7, 11) is 0. The Morgan fingerprint density at radius 3 is 2.38 bits per heavy atom. The average Bonchev–Trinajstić information content (AvgIpc) is 2.97. The molecule has 0 fully saturated rings. The van der Waals surface area contributed by atoms with Crippen LogP contribution in [0.3, 0.4) is 0 Å². The van der Waals surface area contributed by atoms with Gasteiger partial charge in [0.05, 0.1) is 5.52 Å². The normalized spacial score (nSPS) is 9.76. The van der Waals surface area contributed by atoms with Crippen LogP contribution in [0.15, 0.2) is 54.7 Å². The number of carbonyl (C=O) groups excluding carboxylic acids is 1. The number of carbonyl (C=O) groups is 2. The molecule has 0 amide bonds. The van der Waals surface area contributed by atoms with Gasteiger partial charge in [-0.2, -0.15) is 0 Å². The van der Waals surface area contributed by atoms with Crippen LogP contribution in [0.4, 0.5) is 0 Å². The molecule has 0 saturated heterocycles. The number of Topliss-reactive ketones (excluding diaryl/α,β-unsaturated/α-hetero) is 1. The molecule has 0 atom stereocenters. The number of aromatic amines is 1. The van der Waals surface area contributed by atoms with Gasteiger partial charge in [0.1, 0.15) is 5.69 Å². The quantitative estimate of drug-likeness (QED) is 0.559. The van der Waals surface area contributed by atoms with E-state index in [4.69, 9.17) is 5.11 Å². The van der Waals surface area contributed by atoms with Gasteiger partial charge in [-0.05, 0) is 31.2 Å². The van der Waals surface area contributed by atoms with Crippen LogP contribution in [0.1, 0.15) is 16.2 Å². The first-order valence-electron chi connectivity index (χ1n) is 6.31. The maximum atomic E-state index is 11.1. The first-order chi connectivity index (χ1) is 10.1. The number of ketones is 1. The zero-order chi connectivity index (χ0) is 15.2. The number of aromatic nitrogens is 2. The Hall–Kier alpha value is -2.95. The van der Waals surface area contributed by atoms with Crippen LogP contribution in [0.2, 0.25) is 0 Å². The fourth-order valence-corrected chi connectivity index (χ4v) is 1.72. The minimum atomic E-state index is -1.49. The SMILES string of the molecule is Cc1ccc[nH]1.O=C(O)C(=O)c1ccc2ccccc2n1. The third-order valence-corrected chi connectivity index (χ3v) is 2.78. The number of H-pyrrole nitrogens is 1. The zero-order valence-electron chi connectivity index (χ0n) is 11.4. The van der Waals surface area contributed by atoms with E-state index in [0.29, 0.717) is 5.52 Å². The van der Waals surface area contributed by atoms with E-state index in [-0.39, 0.29) is 5.69 Å². The molecule has 1 aromatic carbocycles. The maximum Gasteiger partial charge on any atom is 0.378 e. The monoisotopic (exact) mass is 282 g/mol. The lowest BCUT2D eigenvalue weighted by Gasteiger charge is -1.98. The summed E-state index contributed by atoms with van der Waals surface area (Å²) in [5.74, 6) is -2.47. The molecule has 2 N–H and O–H groups in total. The van der Waals surface area contributed by atoms with Gasteiger partial charge < -0.3 is 10.1 Å². The van der Waals surface area contributed by atoms with Gasteiger partial charge in [0.2, 0.25) is 0 Å². The second-order valence-electron chi connectivity index (χ2n) is 4.38. The maximum absolute atomic E-state index is 11.1. The Kier molecular flexibility index (Phi) is 4.46. The van der Waals surface area contributed by atoms with E-state index >= 15 is 0 Å². The molecule has 3 rings (SSSR count). The third-order valence-electron chi connectivity index (χ3n) is 2.78. The summed E-state index contributed by atoms with van der Waals surface area (Å²) in [5, 5.41) is 9.39. The molecule has 0 spiro atoms. The molecule has 0 radical (unpaired) electrons. The number of nitrogens with one attached hydrogen (secondary N) is 1. The Balaban J connectivity index is 0.000000225. The minimum absolute atomic E-state index is 0.0406. The highest BCUT2D eigenvalue weighted by molar-refractivity contribution is 6.39. The molecule has 2 heterocycles. The molecule has 5 nitrogen and oxygen atoms in total. The average molecular weight is 282 g/mol. The molecular weight excluding hydrogens is 268 g/mol. The second-order valence-corrected chi connectivity index (χ2v) is 4.38. The number of carboxylic acid groups (broad SMARTS) is 1. The second kappa shape index (κ2) is 6.47. The highest BCUT2D eigenvalue weighted by atomic mass is 16.4. The van der Waals surface area contributed by atoms with E-state index in [2.05, 4.69) is 9.97 Å². The number of carboxylic acids is 1. The van der Waals surface area contributed by atoms with E-state index in [1.165, 1.54) is 11.8 Å². The molecule has 0 bridgehead atoms. The van der Waals surface area contributed by atoms with Gasteiger partial charge in [-0.15, -0.1) is 0 Å². The summed E-state index contributed by atoms with van der Waals surface area (Å²) in [4.78, 5) is 28.5. The van der Waals surface area contributed by atoms with Gasteiger partial charge in [0.25, 0.3) is 5.78 Å². The van der Waals surface area contributed by atoms with E-state index < -0.39 is 11.8 Å². The lowest BCUT2D eigenvalue weighted by molar-refractivity contribution is -0.131. The Morgan fingerprint density at radius 1 is 1.05 bits per heavy atom. The minimum Gasteiger partial charge on any atom is -0.475 e. The van der Waals surface area contributed by atoms with E-state index in [0.717, 1.165) is 5.39 Å². The van der Waals surface area contributed by atoms with Crippen LogP contribution >= 0.6 is 0 Å². The number of hydrogen-bond donors (Lipinski definition) is 2. The lowest BCUT2D eigenvalue weighted by Crippen LogP contribution is -2.14. The van der Waals surface area contributed by atoms with Gasteiger partial charge in [0, 0.05) is 17.3 Å². The fraction of sp³-hybridized carbons (Fsp3) is 0.0625. The molecule has 0 aliphatic rings. The number of hydrogen-bond acceptors (Lipinski definition) is 3. The van der Waals surface area contributed by atoms with Crippen LogP contribution < -0.4 is 0 Å². The molecule has 5 heteroatoms. The first-order valence-corrected chi connectivity index (χ1v) is 6.31. The van der Waals surface area contributed by atoms with Crippen LogP contribution in [-0.4, -0.2) is 26.8 Å². The van der Waals surface area contributed by atoms with Gasteiger partial charge in [0.15, 0.2) is 0 Å². The predicted molar refractivity (Wildman–Crippen MR) is 79.2 cm³/mol. The van der Waals surface area contributed by atoms with Crippen molar-refractivity contribution in [2.45, 2.75) is 6.92 Å². The van der Waals surface area contributed by atoms with Crippen molar-refractivity contribution in [1.29, 1.82) is 0 Å². The fourth-order valence-electron chi connectivity index (χ4n) is 1.72. The van der Waals surface area contributed by atoms with Crippen molar-refractivity contribution in [2.75, 3.05) is 0 Å². The Bertz CT molecular complexity index is 764. The van der Waals surface area contributed by atoms with Gasteiger partial charge >= 0.3 is 5.97 Å². The summed E-state index contributed by atoms with van der Waals surface area (Å²) >= 11 is 0. The number of nitrogens with zero attached hydrogens (tertiary/aromatic N) is 1. The van der Waals surface area contributed by atoms with Crippen LogP contribution in [0.25, 0.3) is 10.9 Å². The van der Waals surface area contributed by atoms with Crippen molar-refractivity contribution in [1.82, 2.24) is 9.97 Å². The standard InChI is InChI=1S/C11H7NO3.C5H7N/c13-10(11(14)15)9-6-5-7-3-1-2-4-8(7)12-9;1-5-3-2-4-6-5/h1-6H,(H,14,15);2-4,6H,1H3. The van der Waals surface area contributed by atoms with Crippen molar-refractivity contribution in [2.24, 2.45) is 0 Å². The van der Waals surface area contributed by atoms with Gasteiger partial charge in [-0.1, -0.05) is 24.3 Å². The molecule has 106 valence electrons. The number of benzene rings is 1. The number of rotatable bonds is 2. The van der Waals surface area contributed by atoms with Gasteiger partial charge in [-0.3, -0.25) is 4.79 Å². The molecule has 0 aliphatic carbocycles. The third kappa shape index (κ3) is 3.76. The van der Waals surface area contributed by atoms with Crippen LogP contribution in [0.5, 0.6) is 0 Å². The molecule has 0 unspecified atom stereocenters. The summed E-state index contributed by atoms with van der Waals surface area (Å²) in [5.41, 5.74) is 1.79. The number of fused-ring (bicyclic) bond motifs is 1. The van der Waals surface area contributed by atoms with E-state index in [1.807, 2.05) is 37.4 Å².